The molecule has 4 aromatic carbocycles. The summed E-state index contributed by atoms with van der Waals surface area (Å²) in [7, 11) is 0. The molecule has 0 aliphatic carbocycles. The van der Waals surface area contributed by atoms with Crippen LogP contribution in [0.25, 0.3) is 43.1 Å². The molecular weight excluding hydrogens is 761 g/mol. The molecule has 0 N–H and O–H groups in total. The Morgan fingerprint density at radius 2 is 0.516 bits per heavy atom. The zero-order valence-corrected chi connectivity index (χ0v) is 34.6. The van der Waals surface area contributed by atoms with Gasteiger partial charge in [0.05, 0.1) is 34.2 Å². The largest absolute Gasteiger partial charge is 0.286 e. The number of aryl methyl sites for hydroxylation is 2. The first-order valence-electron chi connectivity index (χ1n) is 21.3. The normalized spacial score (nSPS) is 11.7. The summed E-state index contributed by atoms with van der Waals surface area (Å²) in [5, 5.41) is 9.33. The fourth-order valence-electron chi connectivity index (χ4n) is 8.34. The summed E-state index contributed by atoms with van der Waals surface area (Å²) in [5.74, 6) is 0. The monoisotopic (exact) mass is 806 g/mol. The van der Waals surface area contributed by atoms with Gasteiger partial charge < -0.3 is 0 Å². The lowest BCUT2D eigenvalue weighted by molar-refractivity contribution is 0.238. The van der Waals surface area contributed by atoms with Gasteiger partial charge in [-0.2, -0.15) is 0 Å². The van der Waals surface area contributed by atoms with E-state index in [0.717, 1.165) is 79.9 Å². The zero-order valence-electron chi connectivity index (χ0n) is 34.6. The number of fused-ring (bicyclic) bond motifs is 4. The molecule has 302 valence electrons. The Hall–Kier alpha value is -7.26. The minimum absolute atomic E-state index is 0.665. The summed E-state index contributed by atoms with van der Waals surface area (Å²) in [4.78, 5) is 34.5. The minimum Gasteiger partial charge on any atom is -0.286 e. The van der Waals surface area contributed by atoms with Gasteiger partial charge in [0.1, 0.15) is 0 Å². The van der Waals surface area contributed by atoms with Crippen LogP contribution in [0.5, 0.6) is 0 Å². The molecule has 62 heavy (non-hydrogen) atoms. The third kappa shape index (κ3) is 9.53. The number of benzene rings is 4. The molecule has 6 heterocycles. The first kappa shape index (κ1) is 38.9. The average molecular weight is 807 g/mol. The third-order valence-corrected chi connectivity index (χ3v) is 11.4. The Morgan fingerprint density at radius 3 is 0.823 bits per heavy atom. The minimum atomic E-state index is 0.665. The summed E-state index contributed by atoms with van der Waals surface area (Å²) in [5.41, 5.74) is 8.22. The molecule has 0 amide bonds. The second-order valence-corrected chi connectivity index (χ2v) is 16.1. The van der Waals surface area contributed by atoms with Crippen LogP contribution in [0.1, 0.15) is 45.6 Å². The van der Waals surface area contributed by atoms with E-state index in [4.69, 9.17) is 29.9 Å². The fraction of sp³-hybridized carbons (Fsp3) is 0.148. The number of pyridine rings is 6. The second kappa shape index (κ2) is 18.2. The van der Waals surface area contributed by atoms with Crippen molar-refractivity contribution in [2.45, 2.75) is 52.1 Å². The highest BCUT2D eigenvalue weighted by Crippen LogP contribution is 2.22. The highest BCUT2D eigenvalue weighted by Gasteiger charge is 2.15. The Kier molecular flexibility index (Phi) is 11.4. The van der Waals surface area contributed by atoms with E-state index in [9.17, 15) is 0 Å². The van der Waals surface area contributed by atoms with Crippen molar-refractivity contribution in [3.05, 3.63) is 228 Å². The Balaban J connectivity index is 0.848. The molecule has 0 saturated heterocycles. The van der Waals surface area contributed by atoms with Gasteiger partial charge in [0.15, 0.2) is 0 Å². The van der Waals surface area contributed by atoms with E-state index < -0.39 is 0 Å². The van der Waals surface area contributed by atoms with E-state index >= 15 is 0 Å². The Morgan fingerprint density at radius 1 is 0.258 bits per heavy atom. The number of rotatable bonds is 15. The zero-order chi connectivity index (χ0) is 41.5. The first-order valence-corrected chi connectivity index (χ1v) is 21.3. The van der Waals surface area contributed by atoms with Crippen LogP contribution in [-0.4, -0.2) is 39.7 Å². The molecule has 0 spiro atoms. The van der Waals surface area contributed by atoms with Crippen molar-refractivity contribution in [3.63, 3.8) is 0 Å². The van der Waals surface area contributed by atoms with Crippen molar-refractivity contribution in [3.8, 4) is 0 Å². The Labute approximate surface area is 361 Å². The number of aromatic nitrogens is 6. The van der Waals surface area contributed by atoms with E-state index in [-0.39, 0.29) is 0 Å². The van der Waals surface area contributed by atoms with Gasteiger partial charge >= 0.3 is 0 Å². The van der Waals surface area contributed by atoms with E-state index in [1.54, 1.807) is 0 Å². The van der Waals surface area contributed by atoms with Crippen molar-refractivity contribution >= 4 is 43.1 Å². The summed E-state index contributed by atoms with van der Waals surface area (Å²) in [6, 6.07) is 55.1. The Bertz CT molecular complexity index is 2770. The van der Waals surface area contributed by atoms with Crippen LogP contribution in [0.4, 0.5) is 0 Å². The predicted molar refractivity (Wildman–Crippen MR) is 249 cm³/mol. The van der Waals surface area contributed by atoms with Crippen molar-refractivity contribution < 1.29 is 0 Å². The molecule has 0 radical (unpaired) electrons. The quantitative estimate of drug-likeness (QED) is 0.101. The van der Waals surface area contributed by atoms with Crippen molar-refractivity contribution in [1.29, 1.82) is 0 Å². The lowest BCUT2D eigenvalue weighted by atomic mass is 10.1. The van der Waals surface area contributed by atoms with Gasteiger partial charge in [0, 0.05) is 97.0 Å². The van der Waals surface area contributed by atoms with Crippen LogP contribution < -0.4 is 0 Å². The van der Waals surface area contributed by atoms with Gasteiger partial charge in [-0.25, -0.2) is 0 Å². The molecule has 0 aliphatic heterocycles. The van der Waals surface area contributed by atoms with Crippen LogP contribution in [0.15, 0.2) is 183 Å². The molecule has 8 heteroatoms. The van der Waals surface area contributed by atoms with Crippen LogP contribution in [-0.2, 0) is 52.1 Å². The van der Waals surface area contributed by atoms with Gasteiger partial charge in [-0.1, -0.05) is 109 Å². The molecule has 6 aromatic heterocycles. The SMILES string of the molecule is c1cc(CCc2cccc(CN(Cc3cc4ccccc4cn3)Cc3cc4ccccc4cn3)n2)nc(CN(Cc2cc3ccccc3cn2)Cc2cc3ccccc3cn2)c1. The molecule has 0 aliphatic rings. The number of hydrogen-bond donors (Lipinski definition) is 0. The van der Waals surface area contributed by atoms with Crippen molar-refractivity contribution in [2.24, 2.45) is 0 Å². The number of hydrogen-bond acceptors (Lipinski definition) is 8. The fourth-order valence-corrected chi connectivity index (χ4v) is 8.34. The smallest absolute Gasteiger partial charge is 0.0550 e. The van der Waals surface area contributed by atoms with Crippen LogP contribution >= 0.6 is 0 Å². The molecule has 0 bridgehead atoms. The van der Waals surface area contributed by atoms with Gasteiger partial charge in [0.2, 0.25) is 0 Å². The van der Waals surface area contributed by atoms with Gasteiger partial charge in [-0.05, 0) is 82.9 Å². The molecule has 10 rings (SSSR count). The van der Waals surface area contributed by atoms with Crippen LogP contribution in [0.3, 0.4) is 0 Å². The van der Waals surface area contributed by atoms with Crippen LogP contribution in [0.2, 0.25) is 0 Å². The lowest BCUT2D eigenvalue weighted by Crippen LogP contribution is -2.24. The maximum atomic E-state index is 5.19. The van der Waals surface area contributed by atoms with Gasteiger partial charge in [-0.3, -0.25) is 39.7 Å². The van der Waals surface area contributed by atoms with E-state index in [1.165, 1.54) is 21.5 Å². The summed E-state index contributed by atoms with van der Waals surface area (Å²) >= 11 is 0. The third-order valence-electron chi connectivity index (χ3n) is 11.4. The predicted octanol–water partition coefficient (Wildman–Crippen LogP) is 10.9. The van der Waals surface area contributed by atoms with Crippen molar-refractivity contribution in [1.82, 2.24) is 39.7 Å². The molecule has 0 unspecified atom stereocenters. The van der Waals surface area contributed by atoms with Crippen molar-refractivity contribution in [2.75, 3.05) is 0 Å². The molecule has 0 fully saturated rings. The second-order valence-electron chi connectivity index (χ2n) is 16.1. The maximum Gasteiger partial charge on any atom is 0.0550 e. The summed E-state index contributed by atoms with van der Waals surface area (Å²) in [6.45, 7) is 4.02. The highest BCUT2D eigenvalue weighted by molar-refractivity contribution is 5.84. The topological polar surface area (TPSA) is 83.8 Å². The van der Waals surface area contributed by atoms with E-state index in [1.807, 2.05) is 24.8 Å². The maximum absolute atomic E-state index is 5.19. The molecule has 0 atom stereocenters. The lowest BCUT2D eigenvalue weighted by Gasteiger charge is -2.22. The average Bonchev–Trinajstić information content (AvgIpc) is 3.31. The van der Waals surface area contributed by atoms with E-state index in [2.05, 4.69) is 168 Å². The molecule has 0 saturated carbocycles. The molecule has 10 aromatic rings. The summed E-state index contributed by atoms with van der Waals surface area (Å²) < 4.78 is 0. The molecular formula is C54H46N8. The van der Waals surface area contributed by atoms with Crippen LogP contribution in [0, 0.1) is 0 Å². The highest BCUT2D eigenvalue weighted by atomic mass is 15.2. The summed E-state index contributed by atoms with van der Waals surface area (Å²) in [6.07, 6.45) is 9.46. The van der Waals surface area contributed by atoms with E-state index in [0.29, 0.717) is 39.3 Å². The van der Waals surface area contributed by atoms with Gasteiger partial charge in [0.25, 0.3) is 0 Å². The standard InChI is InChI=1S/C54H46N8/c1-5-15-43-29-55-51(25-39(43)11-1)35-61(36-52-26-40-12-2-6-16-44(40)30-56-52)33-49-21-9-19-47(59-49)23-24-48-20-10-22-50(60-48)34-62(37-53-27-41-13-3-7-17-45(41)31-57-53)38-54-28-42-14-4-8-18-46(42)32-58-54/h1-22,25-32H,23-24,33-38H2. The van der Waals surface area contributed by atoms with Gasteiger partial charge in [-0.15, -0.1) is 0 Å². The molecule has 8 nitrogen and oxygen atoms in total. The first-order chi connectivity index (χ1) is 30.6. The number of nitrogens with zero attached hydrogens (tertiary/aromatic N) is 8.